The zero-order valence-electron chi connectivity index (χ0n) is 11.7. The average molecular weight is 263 g/mol. The van der Waals surface area contributed by atoms with E-state index in [4.69, 9.17) is 0 Å². The van der Waals surface area contributed by atoms with E-state index in [1.807, 2.05) is 0 Å². The maximum atomic E-state index is 11.4. The van der Waals surface area contributed by atoms with E-state index in [9.17, 15) is 8.42 Å². The molecule has 0 aromatic carbocycles. The molecule has 1 unspecified atom stereocenters. The van der Waals surface area contributed by atoms with Crippen LogP contribution in [0.3, 0.4) is 0 Å². The Labute approximate surface area is 107 Å². The predicted octanol–water partition coefficient (Wildman–Crippen LogP) is 2.62. The van der Waals surface area contributed by atoms with Gasteiger partial charge in [-0.2, -0.15) is 0 Å². The molecule has 0 fully saturated rings. The quantitative estimate of drug-likeness (QED) is 0.583. The topological polar surface area (TPSA) is 46.2 Å². The number of hydrogen-bond acceptors (Lipinski definition) is 3. The lowest BCUT2D eigenvalue weighted by atomic mass is 9.98. The van der Waals surface area contributed by atoms with Gasteiger partial charge in [0.05, 0.1) is 5.75 Å². The van der Waals surface area contributed by atoms with Crippen molar-refractivity contribution >= 4 is 9.84 Å². The summed E-state index contributed by atoms with van der Waals surface area (Å²) in [7, 11) is -2.78. The number of rotatable bonds is 11. The Bertz CT molecular complexity index is 263. The summed E-state index contributed by atoms with van der Waals surface area (Å²) in [4.78, 5) is 0. The van der Waals surface area contributed by atoms with Crippen LogP contribution in [0.1, 0.15) is 52.9 Å². The van der Waals surface area contributed by atoms with Crippen molar-refractivity contribution in [1.29, 1.82) is 0 Å². The van der Waals surface area contributed by atoms with Crippen LogP contribution < -0.4 is 5.32 Å². The second-order valence-electron chi connectivity index (χ2n) is 4.74. The van der Waals surface area contributed by atoms with Gasteiger partial charge in [-0.15, -0.1) is 0 Å². The Morgan fingerprint density at radius 3 is 2.29 bits per heavy atom. The lowest BCUT2D eigenvalue weighted by Crippen LogP contribution is -2.24. The summed E-state index contributed by atoms with van der Waals surface area (Å²) in [6.07, 6.45) is 5.38. The van der Waals surface area contributed by atoms with E-state index in [0.29, 0.717) is 11.7 Å². The highest BCUT2D eigenvalue weighted by Crippen LogP contribution is 2.13. The van der Waals surface area contributed by atoms with Gasteiger partial charge in [0.15, 0.2) is 0 Å². The first-order chi connectivity index (χ1) is 8.05. The van der Waals surface area contributed by atoms with Crippen LogP contribution in [0.5, 0.6) is 0 Å². The van der Waals surface area contributed by atoms with Crippen LogP contribution in [0.2, 0.25) is 0 Å². The lowest BCUT2D eigenvalue weighted by Gasteiger charge is -2.16. The predicted molar refractivity (Wildman–Crippen MR) is 75.1 cm³/mol. The highest BCUT2D eigenvalue weighted by atomic mass is 32.2. The van der Waals surface area contributed by atoms with Gasteiger partial charge in [0.2, 0.25) is 0 Å². The van der Waals surface area contributed by atoms with E-state index in [1.54, 1.807) is 6.92 Å². The number of sulfone groups is 1. The molecule has 0 aliphatic heterocycles. The fraction of sp³-hybridized carbons (Fsp3) is 1.00. The number of hydrogen-bond donors (Lipinski definition) is 1. The smallest absolute Gasteiger partial charge is 0.150 e. The zero-order chi connectivity index (χ0) is 13.1. The molecule has 104 valence electrons. The molecule has 0 aromatic rings. The largest absolute Gasteiger partial charge is 0.316 e. The molecule has 0 heterocycles. The Morgan fingerprint density at radius 2 is 1.76 bits per heavy atom. The molecule has 0 amide bonds. The summed E-state index contributed by atoms with van der Waals surface area (Å²) in [5, 5.41) is 3.43. The zero-order valence-corrected chi connectivity index (χ0v) is 12.5. The van der Waals surface area contributed by atoms with E-state index in [2.05, 4.69) is 19.2 Å². The first-order valence-corrected chi connectivity index (χ1v) is 8.79. The Kier molecular flexibility index (Phi) is 9.84. The maximum Gasteiger partial charge on any atom is 0.150 e. The van der Waals surface area contributed by atoms with Gasteiger partial charge in [-0.1, -0.05) is 27.2 Å². The summed E-state index contributed by atoms with van der Waals surface area (Å²) < 4.78 is 22.8. The van der Waals surface area contributed by atoms with Gasteiger partial charge < -0.3 is 5.32 Å². The third-order valence-corrected chi connectivity index (χ3v) is 4.85. The summed E-state index contributed by atoms with van der Waals surface area (Å²) in [5.74, 6) is 1.27. The normalized spacial score (nSPS) is 13.8. The van der Waals surface area contributed by atoms with Crippen molar-refractivity contribution in [3.63, 3.8) is 0 Å². The van der Waals surface area contributed by atoms with Gasteiger partial charge >= 0.3 is 0 Å². The molecule has 0 saturated heterocycles. The Balaban J connectivity index is 3.83. The molecule has 0 aliphatic rings. The highest BCUT2D eigenvalue weighted by molar-refractivity contribution is 7.91. The summed E-state index contributed by atoms with van der Waals surface area (Å²) in [5.41, 5.74) is 0. The SMILES string of the molecule is CCCNCC(CCC)CCCS(=O)(=O)CC. The molecule has 17 heavy (non-hydrogen) atoms. The van der Waals surface area contributed by atoms with Crippen LogP contribution in [0.4, 0.5) is 0 Å². The standard InChI is InChI=1S/C13H29NO2S/c1-4-8-13(12-14-10-5-2)9-7-11-17(15,16)6-3/h13-14H,4-12H2,1-3H3. The molecule has 0 rings (SSSR count). The summed E-state index contributed by atoms with van der Waals surface area (Å²) in [6.45, 7) is 8.17. The van der Waals surface area contributed by atoms with E-state index in [0.717, 1.165) is 32.4 Å². The van der Waals surface area contributed by atoms with Crippen LogP contribution in [-0.2, 0) is 9.84 Å². The van der Waals surface area contributed by atoms with E-state index in [1.165, 1.54) is 12.8 Å². The Morgan fingerprint density at radius 1 is 1.06 bits per heavy atom. The molecule has 0 bridgehead atoms. The Hall–Kier alpha value is -0.0900. The molecule has 0 saturated carbocycles. The summed E-state index contributed by atoms with van der Waals surface area (Å²) >= 11 is 0. The first kappa shape index (κ1) is 16.9. The minimum atomic E-state index is -2.78. The van der Waals surface area contributed by atoms with Gasteiger partial charge in [0, 0.05) is 5.75 Å². The molecule has 0 aliphatic carbocycles. The molecule has 0 aromatic heterocycles. The monoisotopic (exact) mass is 263 g/mol. The molecular formula is C13H29NO2S. The molecule has 4 heteroatoms. The lowest BCUT2D eigenvalue weighted by molar-refractivity contribution is 0.410. The van der Waals surface area contributed by atoms with Crippen molar-refractivity contribution in [1.82, 2.24) is 5.32 Å². The minimum absolute atomic E-state index is 0.277. The van der Waals surface area contributed by atoms with Gasteiger partial charge in [-0.25, -0.2) is 8.42 Å². The molecule has 1 N–H and O–H groups in total. The fourth-order valence-electron chi connectivity index (χ4n) is 1.98. The molecule has 0 spiro atoms. The van der Waals surface area contributed by atoms with E-state index >= 15 is 0 Å². The third kappa shape index (κ3) is 9.60. The van der Waals surface area contributed by atoms with Crippen LogP contribution in [0.15, 0.2) is 0 Å². The van der Waals surface area contributed by atoms with Crippen molar-refractivity contribution in [2.45, 2.75) is 52.9 Å². The van der Waals surface area contributed by atoms with Crippen molar-refractivity contribution in [2.24, 2.45) is 5.92 Å². The van der Waals surface area contributed by atoms with Crippen LogP contribution in [0.25, 0.3) is 0 Å². The third-order valence-electron chi connectivity index (χ3n) is 3.06. The van der Waals surface area contributed by atoms with E-state index in [-0.39, 0.29) is 5.75 Å². The molecule has 0 radical (unpaired) electrons. The fourth-order valence-corrected chi connectivity index (χ4v) is 2.87. The van der Waals surface area contributed by atoms with Crippen LogP contribution in [0, 0.1) is 5.92 Å². The average Bonchev–Trinajstić information content (AvgIpc) is 2.29. The van der Waals surface area contributed by atoms with Gasteiger partial charge in [-0.05, 0) is 44.7 Å². The minimum Gasteiger partial charge on any atom is -0.316 e. The van der Waals surface area contributed by atoms with E-state index < -0.39 is 9.84 Å². The summed E-state index contributed by atoms with van der Waals surface area (Å²) in [6, 6.07) is 0. The van der Waals surface area contributed by atoms with Gasteiger partial charge in [0.1, 0.15) is 9.84 Å². The second-order valence-corrected chi connectivity index (χ2v) is 7.21. The second kappa shape index (κ2) is 9.89. The molecule has 3 nitrogen and oxygen atoms in total. The van der Waals surface area contributed by atoms with Gasteiger partial charge in [-0.3, -0.25) is 0 Å². The van der Waals surface area contributed by atoms with Crippen LogP contribution >= 0.6 is 0 Å². The molecular weight excluding hydrogens is 234 g/mol. The van der Waals surface area contributed by atoms with Crippen molar-refractivity contribution in [2.75, 3.05) is 24.6 Å². The highest BCUT2D eigenvalue weighted by Gasteiger charge is 2.11. The van der Waals surface area contributed by atoms with Crippen molar-refractivity contribution in [3.8, 4) is 0 Å². The van der Waals surface area contributed by atoms with Crippen molar-refractivity contribution < 1.29 is 8.42 Å². The van der Waals surface area contributed by atoms with Crippen LogP contribution in [-0.4, -0.2) is 33.0 Å². The maximum absolute atomic E-state index is 11.4. The van der Waals surface area contributed by atoms with Gasteiger partial charge in [0.25, 0.3) is 0 Å². The van der Waals surface area contributed by atoms with Crippen molar-refractivity contribution in [3.05, 3.63) is 0 Å². The first-order valence-electron chi connectivity index (χ1n) is 6.96. The molecule has 1 atom stereocenters. The number of nitrogens with one attached hydrogen (secondary N) is 1.